The van der Waals surface area contributed by atoms with Gasteiger partial charge < -0.3 is 19.4 Å². The van der Waals surface area contributed by atoms with Gasteiger partial charge in [-0.3, -0.25) is 9.89 Å². The molecule has 146 valence electrons. The molecule has 0 fully saturated rings. The Morgan fingerprint density at radius 2 is 2.18 bits per heavy atom. The number of fused-ring (bicyclic) bond motifs is 1. The zero-order chi connectivity index (χ0) is 19.3. The number of aromatic amines is 1. The number of carbonyl (C=O) groups is 1. The molecule has 4 rings (SSSR count). The van der Waals surface area contributed by atoms with Crippen LogP contribution in [0.15, 0.2) is 61.3 Å². The van der Waals surface area contributed by atoms with Gasteiger partial charge in [0.1, 0.15) is 12.4 Å². The lowest BCUT2D eigenvalue weighted by atomic mass is 10.1. The summed E-state index contributed by atoms with van der Waals surface area (Å²) in [6, 6.07) is 10.9. The summed E-state index contributed by atoms with van der Waals surface area (Å²) in [7, 11) is 1.61. The van der Waals surface area contributed by atoms with E-state index >= 15 is 0 Å². The van der Waals surface area contributed by atoms with Crippen LogP contribution in [0, 0.1) is 0 Å². The first-order valence-corrected chi connectivity index (χ1v) is 8.72. The van der Waals surface area contributed by atoms with Gasteiger partial charge in [0, 0.05) is 45.1 Å². The van der Waals surface area contributed by atoms with Crippen LogP contribution in [-0.2, 0) is 4.74 Å². The maximum Gasteiger partial charge on any atom is 0.255 e. The number of anilines is 1. The molecular weight excluding hydrogens is 358 g/mol. The van der Waals surface area contributed by atoms with Gasteiger partial charge >= 0.3 is 0 Å². The van der Waals surface area contributed by atoms with E-state index in [1.54, 1.807) is 38.0 Å². The molecular formula is C20H23N5O3. The first kappa shape index (κ1) is 17.7. The zero-order valence-electron chi connectivity index (χ0n) is 15.3. The smallest absolute Gasteiger partial charge is 0.255 e. The lowest BCUT2D eigenvalue weighted by Gasteiger charge is -2.12. The first-order chi connectivity index (χ1) is 13.7. The van der Waals surface area contributed by atoms with E-state index in [2.05, 4.69) is 20.5 Å². The van der Waals surface area contributed by atoms with E-state index in [9.17, 15) is 4.79 Å². The predicted molar refractivity (Wildman–Crippen MR) is 109 cm³/mol. The fourth-order valence-corrected chi connectivity index (χ4v) is 2.82. The van der Waals surface area contributed by atoms with Gasteiger partial charge in [-0.2, -0.15) is 5.10 Å². The van der Waals surface area contributed by atoms with E-state index in [-0.39, 0.29) is 8.76 Å². The predicted octanol–water partition coefficient (Wildman–Crippen LogP) is 3.52. The number of imidazole rings is 1. The van der Waals surface area contributed by atoms with Crippen LogP contribution in [0.3, 0.4) is 0 Å². The Morgan fingerprint density at radius 3 is 3.00 bits per heavy atom. The number of aromatic nitrogens is 4. The Kier molecular flexibility index (Phi) is 5.03. The molecule has 2 heterocycles. The molecule has 0 aliphatic carbocycles. The zero-order valence-corrected chi connectivity index (χ0v) is 15.3. The third kappa shape index (κ3) is 3.86. The Labute approximate surface area is 164 Å². The Balaban J connectivity index is 0.00000160. The number of methoxy groups -OCH3 is 1. The fraction of sp³-hybridized carbons (Fsp3) is 0.150. The van der Waals surface area contributed by atoms with Crippen LogP contribution in [0.5, 0.6) is 5.75 Å². The highest BCUT2D eigenvalue weighted by molar-refractivity contribution is 6.05. The molecule has 2 N–H and O–H groups in total. The SMILES string of the molecule is COCCOc1cc(C(=O)Nc2ccc3cn[nH]c3c2)cc(-n2ccnc2)c1.[HH].[HH]. The molecule has 28 heavy (non-hydrogen) atoms. The molecule has 0 unspecified atom stereocenters. The van der Waals surface area contributed by atoms with Crippen molar-refractivity contribution in [3.63, 3.8) is 0 Å². The highest BCUT2D eigenvalue weighted by Crippen LogP contribution is 2.22. The summed E-state index contributed by atoms with van der Waals surface area (Å²) in [5, 5.41) is 10.8. The Hall–Kier alpha value is -3.65. The van der Waals surface area contributed by atoms with Crippen molar-refractivity contribution < 1.29 is 17.1 Å². The Morgan fingerprint density at radius 1 is 1.25 bits per heavy atom. The summed E-state index contributed by atoms with van der Waals surface area (Å²) in [5.74, 6) is 0.342. The summed E-state index contributed by atoms with van der Waals surface area (Å²) >= 11 is 0. The van der Waals surface area contributed by atoms with Gasteiger partial charge in [0.15, 0.2) is 0 Å². The summed E-state index contributed by atoms with van der Waals surface area (Å²) in [6.45, 7) is 0.850. The molecule has 0 saturated carbocycles. The minimum Gasteiger partial charge on any atom is -0.491 e. The maximum absolute atomic E-state index is 12.9. The molecule has 1 amide bonds. The summed E-state index contributed by atoms with van der Waals surface area (Å²) in [5.41, 5.74) is 2.79. The van der Waals surface area contributed by atoms with Crippen LogP contribution in [-0.4, -0.2) is 46.0 Å². The van der Waals surface area contributed by atoms with Crippen LogP contribution >= 0.6 is 0 Å². The third-order valence-electron chi connectivity index (χ3n) is 4.21. The first-order valence-electron chi connectivity index (χ1n) is 8.72. The second-order valence-corrected chi connectivity index (χ2v) is 6.15. The lowest BCUT2D eigenvalue weighted by Crippen LogP contribution is -2.13. The molecule has 2 aromatic heterocycles. The molecule has 0 saturated heterocycles. The average molecular weight is 381 g/mol. The number of amides is 1. The minimum atomic E-state index is -0.238. The molecule has 8 heteroatoms. The van der Waals surface area contributed by atoms with E-state index in [1.165, 1.54) is 0 Å². The van der Waals surface area contributed by atoms with Crippen LogP contribution < -0.4 is 10.1 Å². The van der Waals surface area contributed by atoms with Crippen molar-refractivity contribution in [2.24, 2.45) is 0 Å². The van der Waals surface area contributed by atoms with Crippen molar-refractivity contribution in [3.8, 4) is 11.4 Å². The van der Waals surface area contributed by atoms with Gasteiger partial charge in [0.2, 0.25) is 0 Å². The summed E-state index contributed by atoms with van der Waals surface area (Å²) in [4.78, 5) is 16.9. The van der Waals surface area contributed by atoms with E-state index in [1.807, 2.05) is 35.0 Å². The van der Waals surface area contributed by atoms with Crippen molar-refractivity contribution in [3.05, 3.63) is 66.9 Å². The second-order valence-electron chi connectivity index (χ2n) is 6.15. The van der Waals surface area contributed by atoms with Gasteiger partial charge in [-0.1, -0.05) is 0 Å². The highest BCUT2D eigenvalue weighted by Gasteiger charge is 2.12. The summed E-state index contributed by atoms with van der Waals surface area (Å²) in [6.07, 6.45) is 6.89. The molecule has 0 aliphatic rings. The Bertz CT molecular complexity index is 1100. The van der Waals surface area contributed by atoms with Crippen molar-refractivity contribution in [2.45, 2.75) is 0 Å². The van der Waals surface area contributed by atoms with Crippen molar-refractivity contribution in [1.29, 1.82) is 0 Å². The van der Waals surface area contributed by atoms with Crippen molar-refractivity contribution >= 4 is 22.5 Å². The van der Waals surface area contributed by atoms with Crippen molar-refractivity contribution in [2.75, 3.05) is 25.6 Å². The molecule has 2 aromatic carbocycles. The van der Waals surface area contributed by atoms with Gasteiger partial charge in [0.25, 0.3) is 5.91 Å². The second kappa shape index (κ2) is 7.93. The topological polar surface area (TPSA) is 94.1 Å². The van der Waals surface area contributed by atoms with Gasteiger partial charge in [-0.25, -0.2) is 4.98 Å². The molecule has 0 spiro atoms. The molecule has 4 aromatic rings. The van der Waals surface area contributed by atoms with Crippen LogP contribution in [0.2, 0.25) is 0 Å². The van der Waals surface area contributed by atoms with Gasteiger partial charge in [0.05, 0.1) is 30.3 Å². The quantitative estimate of drug-likeness (QED) is 0.478. The lowest BCUT2D eigenvalue weighted by molar-refractivity contribution is 0.102. The number of benzene rings is 2. The maximum atomic E-state index is 12.9. The van der Waals surface area contributed by atoms with E-state index in [4.69, 9.17) is 9.47 Å². The molecule has 0 aliphatic heterocycles. The number of carbonyl (C=O) groups excluding carboxylic acids is 1. The van der Waals surface area contributed by atoms with Crippen LogP contribution in [0.25, 0.3) is 16.6 Å². The van der Waals surface area contributed by atoms with Crippen LogP contribution in [0.4, 0.5) is 5.69 Å². The minimum absolute atomic E-state index is 0. The number of H-pyrrole nitrogens is 1. The van der Waals surface area contributed by atoms with E-state index in [0.717, 1.165) is 16.6 Å². The number of rotatable bonds is 7. The number of nitrogens with zero attached hydrogens (tertiary/aromatic N) is 3. The number of ether oxygens (including phenoxy) is 2. The number of hydrogen-bond donors (Lipinski definition) is 2. The molecule has 0 radical (unpaired) electrons. The van der Waals surface area contributed by atoms with E-state index in [0.29, 0.717) is 30.2 Å². The highest BCUT2D eigenvalue weighted by atomic mass is 16.5. The fourth-order valence-electron chi connectivity index (χ4n) is 2.82. The number of hydrogen-bond acceptors (Lipinski definition) is 5. The van der Waals surface area contributed by atoms with Gasteiger partial charge in [-0.05, 0) is 30.3 Å². The van der Waals surface area contributed by atoms with Crippen LogP contribution in [0.1, 0.15) is 13.2 Å². The molecule has 0 bridgehead atoms. The standard InChI is InChI=1S/C20H19N5O3.2H2/c1-27-6-7-28-18-9-15(8-17(11-18)25-5-4-21-13-25)20(26)23-16-3-2-14-12-22-24-19(14)10-16;;/h2-5,8-13H,6-7H2,1H3,(H,22,24)(H,23,26);2*1H. The molecule has 8 nitrogen and oxygen atoms in total. The normalized spacial score (nSPS) is 10.9. The average Bonchev–Trinajstić information content (AvgIpc) is 3.39. The largest absolute Gasteiger partial charge is 0.491 e. The monoisotopic (exact) mass is 381 g/mol. The summed E-state index contributed by atoms with van der Waals surface area (Å²) < 4.78 is 12.6. The van der Waals surface area contributed by atoms with Crippen molar-refractivity contribution in [1.82, 2.24) is 19.7 Å². The third-order valence-corrected chi connectivity index (χ3v) is 4.21. The van der Waals surface area contributed by atoms with Gasteiger partial charge in [-0.15, -0.1) is 0 Å². The van der Waals surface area contributed by atoms with E-state index < -0.39 is 0 Å². The molecule has 0 atom stereocenters. The number of nitrogens with one attached hydrogen (secondary N) is 2.